The lowest BCUT2D eigenvalue weighted by Gasteiger charge is -2.13. The summed E-state index contributed by atoms with van der Waals surface area (Å²) >= 11 is 8.85. The summed E-state index contributed by atoms with van der Waals surface area (Å²) in [5.74, 6) is 0. The minimum Gasteiger partial charge on any atom is -0.443 e. The van der Waals surface area contributed by atoms with Crippen molar-refractivity contribution in [1.29, 1.82) is 0 Å². The van der Waals surface area contributed by atoms with Crippen LogP contribution in [0.5, 0.6) is 0 Å². The second-order valence-corrected chi connectivity index (χ2v) is 8.84. The molecule has 21 heavy (non-hydrogen) atoms. The molecule has 0 unspecified atom stereocenters. The van der Waals surface area contributed by atoms with Gasteiger partial charge in [-0.2, -0.15) is 0 Å². The molecule has 0 fully saturated rings. The van der Waals surface area contributed by atoms with E-state index < -0.39 is 14.2 Å². The minimum absolute atomic E-state index is 0.624. The fourth-order valence-corrected chi connectivity index (χ4v) is 3.36. The van der Waals surface area contributed by atoms with Crippen molar-refractivity contribution in [3.8, 4) is 0 Å². The molecule has 0 saturated heterocycles. The molecule has 108 valence electrons. The average Bonchev–Trinajstić information content (AvgIpc) is 2.44. The maximum absolute atomic E-state index is 10.1. The van der Waals surface area contributed by atoms with Gasteiger partial charge in [0.2, 0.25) is 0 Å². The molecule has 0 bridgehead atoms. The Balaban J connectivity index is 2.12. The summed E-state index contributed by atoms with van der Waals surface area (Å²) in [6, 6.07) is 11.1. The summed E-state index contributed by atoms with van der Waals surface area (Å²) in [6.07, 6.45) is 0. The van der Waals surface area contributed by atoms with Crippen LogP contribution < -0.4 is 10.9 Å². The van der Waals surface area contributed by atoms with Gasteiger partial charge in [0, 0.05) is 14.3 Å². The number of hydrogen-bond donors (Lipinski definition) is 2. The monoisotopic (exact) mass is 730 g/mol. The van der Waals surface area contributed by atoms with Crippen LogP contribution in [0, 0.1) is 14.3 Å². The molecule has 0 aromatic heterocycles. The highest BCUT2D eigenvalue weighted by atomic mass is 127. The second kappa shape index (κ2) is 8.46. The summed E-state index contributed by atoms with van der Waals surface area (Å²) in [6.45, 7) is 0. The topological polar surface area (TPSA) is 49.7 Å². The van der Waals surface area contributed by atoms with Crippen LogP contribution in [0.15, 0.2) is 36.4 Å². The van der Waals surface area contributed by atoms with E-state index in [9.17, 15) is 10.0 Å². The van der Waals surface area contributed by atoms with Gasteiger partial charge in [-0.3, -0.25) is 0 Å². The second-order valence-electron chi connectivity index (χ2n) is 4.19. The summed E-state index contributed by atoms with van der Waals surface area (Å²) in [7, 11) is -2.33. The minimum atomic E-state index is -1.16. The van der Waals surface area contributed by atoms with Crippen LogP contribution >= 0.6 is 90.4 Å². The molecule has 2 aromatic carbocycles. The third kappa shape index (κ3) is 5.17. The van der Waals surface area contributed by atoms with Gasteiger partial charge in [0.15, 0.2) is 0 Å². The zero-order valence-electron chi connectivity index (χ0n) is 10.4. The highest BCUT2D eigenvalue weighted by molar-refractivity contribution is 14.1. The van der Waals surface area contributed by atoms with Gasteiger partial charge in [0.1, 0.15) is 0 Å². The van der Waals surface area contributed by atoms with Crippen molar-refractivity contribution in [3.63, 3.8) is 0 Å². The Labute approximate surface area is 178 Å². The largest absolute Gasteiger partial charge is 0.477 e. The SMILES string of the molecule is OB(OB(O)c1ccc(I)c(I)c1)c1ccc(I)c(I)c1. The lowest BCUT2D eigenvalue weighted by atomic mass is 9.71. The first-order chi connectivity index (χ1) is 9.88. The molecule has 0 aliphatic heterocycles. The lowest BCUT2D eigenvalue weighted by Crippen LogP contribution is -2.45. The smallest absolute Gasteiger partial charge is 0.443 e. The standard InChI is InChI=1S/C12H8B2I4O3/c15-9-3-1-7(5-11(9)17)13(19)21-14(20)8-2-4-10(16)12(18)6-8/h1-6,19-20H. The van der Waals surface area contributed by atoms with Crippen molar-refractivity contribution >= 4 is 116 Å². The lowest BCUT2D eigenvalue weighted by molar-refractivity contribution is 0.378. The van der Waals surface area contributed by atoms with Crippen LogP contribution in [-0.4, -0.2) is 24.3 Å². The number of hydrogen-bond acceptors (Lipinski definition) is 3. The first-order valence-corrected chi connectivity index (χ1v) is 10.1. The summed E-state index contributed by atoms with van der Waals surface area (Å²) in [5.41, 5.74) is 1.25. The van der Waals surface area contributed by atoms with Crippen LogP contribution in [0.25, 0.3) is 0 Å². The normalized spacial score (nSPS) is 10.6. The Morgan fingerprint density at radius 2 is 1.05 bits per heavy atom. The molecule has 0 radical (unpaired) electrons. The molecule has 0 atom stereocenters. The first kappa shape index (κ1) is 18.7. The Morgan fingerprint density at radius 1 is 0.667 bits per heavy atom. The van der Waals surface area contributed by atoms with E-state index in [-0.39, 0.29) is 0 Å². The van der Waals surface area contributed by atoms with Gasteiger partial charge < -0.3 is 14.6 Å². The fraction of sp³-hybridized carbons (Fsp3) is 0. The average molecular weight is 729 g/mol. The van der Waals surface area contributed by atoms with Gasteiger partial charge in [0.05, 0.1) is 0 Å². The van der Waals surface area contributed by atoms with Gasteiger partial charge in [-0.25, -0.2) is 0 Å². The first-order valence-electron chi connectivity index (χ1n) is 5.80. The van der Waals surface area contributed by atoms with Gasteiger partial charge >= 0.3 is 14.2 Å². The molecule has 2 rings (SSSR count). The zero-order valence-corrected chi connectivity index (χ0v) is 19.1. The van der Waals surface area contributed by atoms with E-state index in [4.69, 9.17) is 4.57 Å². The van der Waals surface area contributed by atoms with E-state index in [1.807, 2.05) is 24.3 Å². The molecule has 0 aliphatic carbocycles. The van der Waals surface area contributed by atoms with Gasteiger partial charge in [0.25, 0.3) is 0 Å². The molecule has 0 heterocycles. The molecule has 0 spiro atoms. The Kier molecular flexibility index (Phi) is 7.54. The summed E-state index contributed by atoms with van der Waals surface area (Å²) in [5, 5.41) is 20.2. The number of halogens is 4. The molecule has 0 amide bonds. The molecule has 0 saturated carbocycles. The van der Waals surface area contributed by atoms with Gasteiger partial charge in [-0.15, -0.1) is 0 Å². The van der Waals surface area contributed by atoms with E-state index in [1.165, 1.54) is 0 Å². The number of rotatable bonds is 4. The summed E-state index contributed by atoms with van der Waals surface area (Å²) in [4.78, 5) is 0. The third-order valence-electron chi connectivity index (χ3n) is 2.72. The van der Waals surface area contributed by atoms with E-state index in [1.54, 1.807) is 12.1 Å². The molecule has 2 N–H and O–H groups in total. The predicted octanol–water partition coefficient (Wildman–Crippen LogP) is 2.20. The van der Waals surface area contributed by atoms with Crippen LogP contribution in [-0.2, 0) is 4.57 Å². The van der Waals surface area contributed by atoms with Crippen molar-refractivity contribution in [3.05, 3.63) is 50.7 Å². The molecule has 9 heteroatoms. The molecular weight excluding hydrogens is 721 g/mol. The van der Waals surface area contributed by atoms with Crippen LogP contribution in [0.1, 0.15) is 0 Å². The van der Waals surface area contributed by atoms with Crippen LogP contribution in [0.4, 0.5) is 0 Å². The maximum Gasteiger partial charge on any atom is 0.477 e. The number of benzene rings is 2. The Morgan fingerprint density at radius 3 is 1.38 bits per heavy atom. The third-order valence-corrected chi connectivity index (χ3v) is 8.45. The van der Waals surface area contributed by atoms with Crippen LogP contribution in [0.3, 0.4) is 0 Å². The molecule has 2 aromatic rings. The summed E-state index contributed by atoms with van der Waals surface area (Å²) < 4.78 is 9.60. The van der Waals surface area contributed by atoms with Crippen molar-refractivity contribution in [2.45, 2.75) is 0 Å². The Bertz CT molecular complexity index is 601. The van der Waals surface area contributed by atoms with E-state index in [0.29, 0.717) is 10.9 Å². The molecule has 3 nitrogen and oxygen atoms in total. The highest BCUT2D eigenvalue weighted by Gasteiger charge is 2.26. The Hall–Kier alpha value is 1.37. The predicted molar refractivity (Wildman–Crippen MR) is 120 cm³/mol. The van der Waals surface area contributed by atoms with Crippen molar-refractivity contribution < 1.29 is 14.6 Å². The van der Waals surface area contributed by atoms with Crippen molar-refractivity contribution in [1.82, 2.24) is 0 Å². The van der Waals surface area contributed by atoms with Gasteiger partial charge in [-0.1, -0.05) is 12.1 Å². The van der Waals surface area contributed by atoms with E-state index in [2.05, 4.69) is 90.4 Å². The van der Waals surface area contributed by atoms with Gasteiger partial charge in [-0.05, 0) is 126 Å². The fourth-order valence-electron chi connectivity index (χ4n) is 1.61. The quantitative estimate of drug-likeness (QED) is 0.376. The van der Waals surface area contributed by atoms with Crippen molar-refractivity contribution in [2.75, 3.05) is 0 Å². The molecular formula is C12H8B2I4O3. The van der Waals surface area contributed by atoms with Crippen LogP contribution in [0.2, 0.25) is 0 Å². The van der Waals surface area contributed by atoms with E-state index in [0.717, 1.165) is 14.3 Å². The molecule has 0 aliphatic rings. The van der Waals surface area contributed by atoms with E-state index >= 15 is 0 Å². The maximum atomic E-state index is 10.1. The zero-order chi connectivity index (χ0) is 15.6. The highest BCUT2D eigenvalue weighted by Crippen LogP contribution is 2.14. The van der Waals surface area contributed by atoms with Crippen molar-refractivity contribution in [2.24, 2.45) is 0 Å².